The lowest BCUT2D eigenvalue weighted by molar-refractivity contribution is -0.136. The minimum atomic E-state index is -2.79. The number of rotatable bonds is 6. The van der Waals surface area contributed by atoms with Crippen LogP contribution in [0.4, 0.5) is 14.5 Å². The molecule has 1 amide bonds. The lowest BCUT2D eigenvalue weighted by atomic mass is 10.1. The smallest absolute Gasteiger partial charge is 0.333 e. The molecule has 0 atom stereocenters. The van der Waals surface area contributed by atoms with E-state index in [1.165, 1.54) is 6.92 Å². The zero-order valence-electron chi connectivity index (χ0n) is 13.2. The van der Waals surface area contributed by atoms with Crippen molar-refractivity contribution in [1.82, 2.24) is 9.78 Å². The zero-order chi connectivity index (χ0) is 17.9. The van der Waals surface area contributed by atoms with Crippen molar-refractivity contribution in [2.75, 3.05) is 11.4 Å². The molecule has 0 spiro atoms. The molecule has 8 heteroatoms. The molecule has 1 N–H and O–H groups in total. The number of amides is 1. The highest BCUT2D eigenvalue weighted by Crippen LogP contribution is 2.22. The van der Waals surface area contributed by atoms with Crippen LogP contribution in [0, 0.1) is 13.8 Å². The molecule has 1 heterocycles. The Kier molecular flexibility index (Phi) is 5.28. The van der Waals surface area contributed by atoms with Crippen LogP contribution in [0.15, 0.2) is 30.3 Å². The Morgan fingerprint density at radius 2 is 1.88 bits per heavy atom. The van der Waals surface area contributed by atoms with Gasteiger partial charge in [-0.2, -0.15) is 13.9 Å². The summed E-state index contributed by atoms with van der Waals surface area (Å²) in [5.41, 5.74) is 1.33. The molecule has 6 nitrogen and oxygen atoms in total. The van der Waals surface area contributed by atoms with E-state index in [4.69, 9.17) is 5.11 Å². The fourth-order valence-electron chi connectivity index (χ4n) is 2.46. The fourth-order valence-corrected chi connectivity index (χ4v) is 2.46. The van der Waals surface area contributed by atoms with Crippen LogP contribution in [0.3, 0.4) is 0 Å². The average Bonchev–Trinajstić information content (AvgIpc) is 2.81. The van der Waals surface area contributed by atoms with E-state index in [0.29, 0.717) is 21.6 Å². The maximum absolute atomic E-state index is 12.9. The quantitative estimate of drug-likeness (QED) is 0.879. The molecule has 0 fully saturated rings. The number of carbonyl (C=O) groups excluding carboxylic acids is 1. The van der Waals surface area contributed by atoms with Crippen LogP contribution in [-0.4, -0.2) is 33.3 Å². The van der Waals surface area contributed by atoms with Crippen LogP contribution < -0.4 is 4.90 Å². The first-order valence-corrected chi connectivity index (χ1v) is 7.21. The van der Waals surface area contributed by atoms with Crippen LogP contribution in [0.5, 0.6) is 0 Å². The Hall–Kier alpha value is -2.77. The van der Waals surface area contributed by atoms with Gasteiger partial charge in [0.05, 0.1) is 12.1 Å². The molecule has 0 saturated carbocycles. The van der Waals surface area contributed by atoms with Crippen molar-refractivity contribution in [3.8, 4) is 0 Å². The molecule has 1 aromatic heterocycles. The Balaban J connectivity index is 2.30. The molecule has 1 aromatic carbocycles. The minimum absolute atomic E-state index is 0.194. The Morgan fingerprint density at radius 1 is 1.25 bits per heavy atom. The van der Waals surface area contributed by atoms with Crippen molar-refractivity contribution < 1.29 is 23.5 Å². The van der Waals surface area contributed by atoms with Crippen LogP contribution in [-0.2, 0) is 16.0 Å². The highest BCUT2D eigenvalue weighted by molar-refractivity contribution is 5.98. The number of hydrogen-bond donors (Lipinski definition) is 1. The molecule has 128 valence electrons. The van der Waals surface area contributed by atoms with Crippen molar-refractivity contribution in [2.24, 2.45) is 0 Å². The van der Waals surface area contributed by atoms with Crippen molar-refractivity contribution >= 4 is 17.6 Å². The van der Waals surface area contributed by atoms with E-state index in [1.54, 1.807) is 37.3 Å². The van der Waals surface area contributed by atoms with E-state index in [0.717, 1.165) is 4.90 Å². The van der Waals surface area contributed by atoms with E-state index in [2.05, 4.69) is 5.10 Å². The van der Waals surface area contributed by atoms with Gasteiger partial charge in [-0.05, 0) is 26.0 Å². The highest BCUT2D eigenvalue weighted by atomic mass is 19.3. The van der Waals surface area contributed by atoms with Crippen LogP contribution >= 0.6 is 0 Å². The molecule has 0 saturated heterocycles. The van der Waals surface area contributed by atoms with E-state index in [9.17, 15) is 18.4 Å². The third-order valence-electron chi connectivity index (χ3n) is 3.65. The summed E-state index contributed by atoms with van der Waals surface area (Å²) < 4.78 is 26.3. The monoisotopic (exact) mass is 337 g/mol. The highest BCUT2D eigenvalue weighted by Gasteiger charge is 2.24. The number of anilines is 1. The van der Waals surface area contributed by atoms with E-state index < -0.39 is 25.0 Å². The zero-order valence-corrected chi connectivity index (χ0v) is 13.2. The van der Waals surface area contributed by atoms with Gasteiger partial charge in [0.15, 0.2) is 0 Å². The third kappa shape index (κ3) is 3.76. The van der Waals surface area contributed by atoms with Gasteiger partial charge in [-0.15, -0.1) is 0 Å². The summed E-state index contributed by atoms with van der Waals surface area (Å²) in [6.07, 6.45) is -0.202. The van der Waals surface area contributed by atoms with Crippen molar-refractivity contribution in [1.29, 1.82) is 0 Å². The molecule has 0 aliphatic heterocycles. The number of para-hydroxylation sites is 1. The first-order valence-electron chi connectivity index (χ1n) is 7.21. The summed E-state index contributed by atoms with van der Waals surface area (Å²) in [6, 6.07) is 8.34. The molecule has 0 radical (unpaired) electrons. The Bertz CT molecular complexity index is 745. The van der Waals surface area contributed by atoms with Gasteiger partial charge in [0.1, 0.15) is 6.54 Å². The first-order chi connectivity index (χ1) is 11.3. The normalized spacial score (nSPS) is 10.9. The lowest BCUT2D eigenvalue weighted by Crippen LogP contribution is -2.37. The number of aromatic nitrogens is 2. The Labute approximate surface area is 137 Å². The summed E-state index contributed by atoms with van der Waals surface area (Å²) in [7, 11) is 0. The summed E-state index contributed by atoms with van der Waals surface area (Å²) in [5.74, 6) is -1.66. The van der Waals surface area contributed by atoms with Gasteiger partial charge >= 0.3 is 12.5 Å². The standard InChI is InChI=1S/C16H17F2N3O3/c1-10-13(11(2)21(19-10)16(17)18)8-14(22)20(9-15(23)24)12-6-4-3-5-7-12/h3-7,16H,8-9H2,1-2H3,(H,23,24). The lowest BCUT2D eigenvalue weighted by Gasteiger charge is -2.21. The number of carbonyl (C=O) groups is 2. The van der Waals surface area contributed by atoms with Crippen LogP contribution in [0.2, 0.25) is 0 Å². The molecule has 24 heavy (non-hydrogen) atoms. The molecule has 0 aliphatic rings. The van der Waals surface area contributed by atoms with E-state index in [1.807, 2.05) is 0 Å². The number of benzene rings is 1. The van der Waals surface area contributed by atoms with Crippen molar-refractivity contribution in [3.05, 3.63) is 47.3 Å². The topological polar surface area (TPSA) is 75.4 Å². The predicted molar refractivity (Wildman–Crippen MR) is 83.1 cm³/mol. The van der Waals surface area contributed by atoms with Crippen LogP contribution in [0.1, 0.15) is 23.5 Å². The van der Waals surface area contributed by atoms with E-state index >= 15 is 0 Å². The maximum atomic E-state index is 12.9. The second kappa shape index (κ2) is 7.20. The number of carboxylic acid groups (broad SMARTS) is 1. The van der Waals surface area contributed by atoms with Gasteiger partial charge in [-0.1, -0.05) is 18.2 Å². The maximum Gasteiger partial charge on any atom is 0.333 e. The summed E-state index contributed by atoms with van der Waals surface area (Å²) >= 11 is 0. The molecule has 0 unspecified atom stereocenters. The number of nitrogens with zero attached hydrogens (tertiary/aromatic N) is 3. The molecular formula is C16H17F2N3O3. The number of carboxylic acids is 1. The summed E-state index contributed by atoms with van der Waals surface area (Å²) in [4.78, 5) is 24.7. The van der Waals surface area contributed by atoms with Gasteiger partial charge < -0.3 is 10.0 Å². The van der Waals surface area contributed by atoms with Gasteiger partial charge in [0, 0.05) is 16.9 Å². The minimum Gasteiger partial charge on any atom is -0.480 e. The number of aryl methyl sites for hydroxylation is 1. The molecule has 2 rings (SSSR count). The van der Waals surface area contributed by atoms with Crippen LogP contribution in [0.25, 0.3) is 0 Å². The third-order valence-corrected chi connectivity index (χ3v) is 3.65. The fraction of sp³-hybridized carbons (Fsp3) is 0.312. The van der Waals surface area contributed by atoms with Crippen molar-refractivity contribution in [2.45, 2.75) is 26.8 Å². The van der Waals surface area contributed by atoms with Gasteiger partial charge in [-0.3, -0.25) is 9.59 Å². The largest absolute Gasteiger partial charge is 0.480 e. The SMILES string of the molecule is Cc1nn(C(F)F)c(C)c1CC(=O)N(CC(=O)O)c1ccccc1. The average molecular weight is 337 g/mol. The first kappa shape index (κ1) is 17.6. The van der Waals surface area contributed by atoms with E-state index in [-0.39, 0.29) is 12.1 Å². The number of hydrogen-bond acceptors (Lipinski definition) is 3. The Morgan fingerprint density at radius 3 is 2.38 bits per heavy atom. The number of halogens is 2. The van der Waals surface area contributed by atoms with Crippen molar-refractivity contribution in [3.63, 3.8) is 0 Å². The molecule has 0 bridgehead atoms. The second-order valence-electron chi connectivity index (χ2n) is 5.26. The molecular weight excluding hydrogens is 320 g/mol. The number of aliphatic carboxylic acids is 1. The number of alkyl halides is 2. The van der Waals surface area contributed by atoms with Gasteiger partial charge in [0.2, 0.25) is 5.91 Å². The molecule has 0 aliphatic carbocycles. The van der Waals surface area contributed by atoms with Gasteiger partial charge in [-0.25, -0.2) is 4.68 Å². The predicted octanol–water partition coefficient (Wildman–Crippen LogP) is 2.56. The summed E-state index contributed by atoms with van der Waals surface area (Å²) in [6.45, 7) is -0.307. The molecule has 2 aromatic rings. The summed E-state index contributed by atoms with van der Waals surface area (Å²) in [5, 5.41) is 12.8. The second-order valence-corrected chi connectivity index (χ2v) is 5.26. The van der Waals surface area contributed by atoms with Gasteiger partial charge in [0.25, 0.3) is 0 Å².